The Bertz CT molecular complexity index is 865. The van der Waals surface area contributed by atoms with Crippen molar-refractivity contribution >= 4 is 40.9 Å². The number of carbonyl (C=O) groups excluding carboxylic acids is 3. The number of anilines is 2. The van der Waals surface area contributed by atoms with E-state index in [1.165, 1.54) is 25.6 Å². The molecular formula is C21H24N2O4S. The van der Waals surface area contributed by atoms with Gasteiger partial charge in [0.25, 0.3) is 5.91 Å². The molecule has 0 radical (unpaired) electrons. The van der Waals surface area contributed by atoms with Crippen molar-refractivity contribution in [1.29, 1.82) is 0 Å². The normalized spacial score (nSPS) is 11.4. The third-order valence-electron chi connectivity index (χ3n) is 3.84. The summed E-state index contributed by atoms with van der Waals surface area (Å²) >= 11 is 1.39. The van der Waals surface area contributed by atoms with Crippen LogP contribution in [0.15, 0.2) is 47.4 Å². The van der Waals surface area contributed by atoms with Gasteiger partial charge in [0.15, 0.2) is 6.10 Å². The Hall–Kier alpha value is -2.80. The van der Waals surface area contributed by atoms with Gasteiger partial charge in [-0.15, -0.1) is 11.8 Å². The van der Waals surface area contributed by atoms with Crippen LogP contribution in [0.2, 0.25) is 0 Å². The molecule has 0 bridgehead atoms. The van der Waals surface area contributed by atoms with Crippen molar-refractivity contribution in [1.82, 2.24) is 0 Å². The van der Waals surface area contributed by atoms with Crippen molar-refractivity contribution < 1.29 is 19.1 Å². The van der Waals surface area contributed by atoms with Crippen LogP contribution in [0.1, 0.15) is 25.0 Å². The van der Waals surface area contributed by atoms with Crippen LogP contribution in [0.5, 0.6) is 0 Å². The molecule has 6 nitrogen and oxygen atoms in total. The maximum absolute atomic E-state index is 12.2. The second-order valence-electron chi connectivity index (χ2n) is 6.44. The Balaban J connectivity index is 1.83. The minimum Gasteiger partial charge on any atom is -0.452 e. The molecule has 2 amide bonds. The Morgan fingerprint density at radius 3 is 2.21 bits per heavy atom. The van der Waals surface area contributed by atoms with Crippen molar-refractivity contribution in [2.75, 3.05) is 16.4 Å². The lowest BCUT2D eigenvalue weighted by atomic mass is 10.2. The average molecular weight is 401 g/mol. The molecule has 0 saturated heterocycles. The van der Waals surface area contributed by atoms with E-state index in [-0.39, 0.29) is 11.7 Å². The Morgan fingerprint density at radius 1 is 1.00 bits per heavy atom. The molecule has 0 spiro atoms. The molecule has 28 heavy (non-hydrogen) atoms. The van der Waals surface area contributed by atoms with E-state index < -0.39 is 18.0 Å². The maximum Gasteiger partial charge on any atom is 0.317 e. The highest BCUT2D eigenvalue weighted by Crippen LogP contribution is 2.23. The number of nitrogens with one attached hydrogen (secondary N) is 2. The van der Waals surface area contributed by atoms with Gasteiger partial charge in [0.1, 0.15) is 0 Å². The number of hydrogen-bond donors (Lipinski definition) is 2. The minimum atomic E-state index is -0.915. The van der Waals surface area contributed by atoms with Crippen LogP contribution in [-0.2, 0) is 19.1 Å². The largest absolute Gasteiger partial charge is 0.452 e. The van der Waals surface area contributed by atoms with Crippen molar-refractivity contribution in [3.8, 4) is 0 Å². The quantitative estimate of drug-likeness (QED) is 0.543. The number of ether oxygens (including phenoxy) is 1. The molecule has 0 aromatic heterocycles. The van der Waals surface area contributed by atoms with Crippen molar-refractivity contribution in [2.24, 2.45) is 0 Å². The molecule has 2 N–H and O–H groups in total. The summed E-state index contributed by atoms with van der Waals surface area (Å²) < 4.78 is 5.22. The summed E-state index contributed by atoms with van der Waals surface area (Å²) in [4.78, 5) is 36.3. The second-order valence-corrected chi connectivity index (χ2v) is 7.45. The Kier molecular flexibility index (Phi) is 7.63. The number of carbonyl (C=O) groups is 3. The van der Waals surface area contributed by atoms with Crippen LogP contribution >= 0.6 is 11.8 Å². The minimum absolute atomic E-state index is 0.132. The van der Waals surface area contributed by atoms with Gasteiger partial charge in [-0.2, -0.15) is 0 Å². The summed E-state index contributed by atoms with van der Waals surface area (Å²) in [5.74, 6) is -0.907. The SMILES string of the molecule is CC(=O)Nc1ccc(NC(=O)C(C)OC(=O)CSc2cc(C)ccc2C)cc1. The zero-order chi connectivity index (χ0) is 20.7. The van der Waals surface area contributed by atoms with Gasteiger partial charge in [-0.3, -0.25) is 14.4 Å². The molecule has 1 unspecified atom stereocenters. The number of aryl methyl sites for hydroxylation is 2. The molecule has 2 aromatic carbocycles. The van der Waals surface area contributed by atoms with Gasteiger partial charge in [0.05, 0.1) is 5.75 Å². The number of esters is 1. The first-order valence-corrected chi connectivity index (χ1v) is 9.81. The standard InChI is InChI=1S/C21H24N2O4S/c1-13-5-6-14(2)19(11-13)28-12-20(25)27-15(3)21(26)23-18-9-7-17(8-10-18)22-16(4)24/h5-11,15H,12H2,1-4H3,(H,22,24)(H,23,26). The van der Waals surface area contributed by atoms with Gasteiger partial charge in [-0.1, -0.05) is 17.7 Å². The van der Waals surface area contributed by atoms with Crippen LogP contribution in [-0.4, -0.2) is 29.6 Å². The number of benzene rings is 2. The fourth-order valence-corrected chi connectivity index (χ4v) is 3.27. The molecule has 0 saturated carbocycles. The van der Waals surface area contributed by atoms with E-state index >= 15 is 0 Å². The first-order valence-electron chi connectivity index (χ1n) is 8.82. The van der Waals surface area contributed by atoms with Gasteiger partial charge < -0.3 is 15.4 Å². The fourth-order valence-electron chi connectivity index (χ4n) is 2.37. The van der Waals surface area contributed by atoms with Crippen molar-refractivity contribution in [3.63, 3.8) is 0 Å². The first-order chi connectivity index (χ1) is 13.2. The number of hydrogen-bond acceptors (Lipinski definition) is 5. The van der Waals surface area contributed by atoms with Gasteiger partial charge in [-0.25, -0.2) is 0 Å². The fraction of sp³-hybridized carbons (Fsp3) is 0.286. The summed E-state index contributed by atoms with van der Waals surface area (Å²) in [6.45, 7) is 6.93. The molecule has 0 aliphatic heterocycles. The zero-order valence-corrected chi connectivity index (χ0v) is 17.2. The van der Waals surface area contributed by atoms with Crippen molar-refractivity contribution in [2.45, 2.75) is 38.7 Å². The highest BCUT2D eigenvalue weighted by atomic mass is 32.2. The van der Waals surface area contributed by atoms with Gasteiger partial charge >= 0.3 is 5.97 Å². The van der Waals surface area contributed by atoms with Crippen LogP contribution in [0, 0.1) is 13.8 Å². The summed E-state index contributed by atoms with van der Waals surface area (Å²) in [5, 5.41) is 5.33. The van der Waals surface area contributed by atoms with Crippen LogP contribution in [0.3, 0.4) is 0 Å². The van der Waals surface area contributed by atoms with E-state index in [0.717, 1.165) is 16.0 Å². The molecular weight excluding hydrogens is 376 g/mol. The molecule has 148 valence electrons. The van der Waals surface area contributed by atoms with Gasteiger partial charge in [0.2, 0.25) is 5.91 Å². The first kappa shape index (κ1) is 21.5. The van der Waals surface area contributed by atoms with E-state index in [9.17, 15) is 14.4 Å². The van der Waals surface area contributed by atoms with E-state index in [2.05, 4.69) is 10.6 Å². The molecule has 0 fully saturated rings. The third-order valence-corrected chi connectivity index (χ3v) is 4.97. The predicted octanol–water partition coefficient (Wildman–Crippen LogP) is 3.92. The maximum atomic E-state index is 12.2. The molecule has 1 atom stereocenters. The number of thioether (sulfide) groups is 1. The lowest BCUT2D eigenvalue weighted by Gasteiger charge is -2.14. The predicted molar refractivity (Wildman–Crippen MR) is 112 cm³/mol. The second kappa shape index (κ2) is 9.94. The molecule has 0 heterocycles. The molecule has 0 aliphatic carbocycles. The zero-order valence-electron chi connectivity index (χ0n) is 16.4. The molecule has 0 aliphatic rings. The third kappa shape index (κ3) is 6.74. The average Bonchev–Trinajstić information content (AvgIpc) is 2.63. The van der Waals surface area contributed by atoms with Crippen LogP contribution in [0.4, 0.5) is 11.4 Å². The van der Waals surface area contributed by atoms with E-state index in [0.29, 0.717) is 11.4 Å². The van der Waals surface area contributed by atoms with E-state index in [1.54, 1.807) is 24.3 Å². The molecule has 7 heteroatoms. The summed E-state index contributed by atoms with van der Waals surface area (Å²) in [6, 6.07) is 12.7. The monoisotopic (exact) mass is 400 g/mol. The van der Waals surface area contributed by atoms with E-state index in [1.807, 2.05) is 32.0 Å². The Labute approximate surface area is 169 Å². The topological polar surface area (TPSA) is 84.5 Å². The molecule has 2 aromatic rings. The van der Waals surface area contributed by atoms with Crippen LogP contribution < -0.4 is 10.6 Å². The highest BCUT2D eigenvalue weighted by Gasteiger charge is 2.18. The van der Waals surface area contributed by atoms with Crippen molar-refractivity contribution in [3.05, 3.63) is 53.6 Å². The lowest BCUT2D eigenvalue weighted by molar-refractivity contribution is -0.150. The highest BCUT2D eigenvalue weighted by molar-refractivity contribution is 8.00. The summed E-state index contributed by atoms with van der Waals surface area (Å²) in [7, 11) is 0. The number of rotatable bonds is 7. The van der Waals surface area contributed by atoms with Crippen LogP contribution in [0.25, 0.3) is 0 Å². The summed E-state index contributed by atoms with van der Waals surface area (Å²) in [5.41, 5.74) is 3.40. The lowest BCUT2D eigenvalue weighted by Crippen LogP contribution is -2.30. The summed E-state index contributed by atoms with van der Waals surface area (Å²) in [6.07, 6.45) is -0.915. The van der Waals surface area contributed by atoms with Gasteiger partial charge in [0, 0.05) is 23.2 Å². The smallest absolute Gasteiger partial charge is 0.317 e. The van der Waals surface area contributed by atoms with E-state index in [4.69, 9.17) is 4.74 Å². The molecule has 2 rings (SSSR count). The number of amides is 2. The Morgan fingerprint density at radius 2 is 1.61 bits per heavy atom. The van der Waals surface area contributed by atoms with Gasteiger partial charge in [-0.05, 0) is 56.7 Å².